The molecule has 10 heteroatoms. The van der Waals surface area contributed by atoms with Crippen LogP contribution in [0.15, 0.2) is 45.0 Å². The molecule has 0 bridgehead atoms. The number of ether oxygens (including phenoxy) is 1. The lowest BCUT2D eigenvalue weighted by Gasteiger charge is -2.05. The number of hydrogen-bond donors (Lipinski definition) is 1. The number of benzene rings is 1. The Morgan fingerprint density at radius 3 is 2.83 bits per heavy atom. The van der Waals surface area contributed by atoms with Crippen LogP contribution in [0, 0.1) is 10.1 Å². The van der Waals surface area contributed by atoms with Gasteiger partial charge in [-0.25, -0.2) is 0 Å². The molecule has 0 saturated carbocycles. The van der Waals surface area contributed by atoms with E-state index < -0.39 is 14.9 Å². The summed E-state index contributed by atoms with van der Waals surface area (Å²) in [5, 5.41) is 16.4. The highest BCUT2D eigenvalue weighted by Gasteiger charge is 2.16. The Labute approximate surface area is 143 Å². The molecule has 0 aliphatic heterocycles. The van der Waals surface area contributed by atoms with Gasteiger partial charge >= 0.3 is 5.69 Å². The van der Waals surface area contributed by atoms with E-state index in [0.29, 0.717) is 12.2 Å². The minimum absolute atomic E-state index is 0.133. The van der Waals surface area contributed by atoms with Gasteiger partial charge in [0.1, 0.15) is 4.21 Å². The number of nitrogens with one attached hydrogen (secondary N) is 1. The molecule has 1 N–H and O–H groups in total. The lowest BCUT2D eigenvalue weighted by atomic mass is 10.2. The summed E-state index contributed by atoms with van der Waals surface area (Å²) in [6.45, 7) is 2.27. The minimum atomic E-state index is -3.72. The molecule has 0 radical (unpaired) electrons. The molecule has 2 rings (SSSR count). The third-order valence-electron chi connectivity index (χ3n) is 2.79. The van der Waals surface area contributed by atoms with Crippen LogP contribution in [0.3, 0.4) is 0 Å². The first-order valence-corrected chi connectivity index (χ1v) is 9.30. The van der Waals surface area contributed by atoms with Crippen LogP contribution in [0.5, 0.6) is 5.75 Å². The Kier molecular flexibility index (Phi) is 5.88. The first kappa shape index (κ1) is 17.9. The minimum Gasteiger partial charge on any atom is -0.487 e. The van der Waals surface area contributed by atoms with E-state index >= 15 is 0 Å². The van der Waals surface area contributed by atoms with Gasteiger partial charge in [0.15, 0.2) is 5.75 Å². The van der Waals surface area contributed by atoms with Crippen LogP contribution in [-0.2, 0) is 10.0 Å². The second-order valence-corrected chi connectivity index (χ2v) is 7.45. The molecule has 0 saturated heterocycles. The zero-order valence-electron chi connectivity index (χ0n) is 12.7. The summed E-state index contributed by atoms with van der Waals surface area (Å²) in [7, 11) is -3.72. The molecule has 0 spiro atoms. The molecule has 0 aliphatic carbocycles. The largest absolute Gasteiger partial charge is 0.487 e. The van der Waals surface area contributed by atoms with Crippen LogP contribution in [0.2, 0.25) is 0 Å². The molecule has 2 aromatic rings. The van der Waals surface area contributed by atoms with E-state index in [1.54, 1.807) is 17.5 Å². The Hall–Kier alpha value is -2.46. The summed E-state index contributed by atoms with van der Waals surface area (Å²) in [5.74, 6) is 0.165. The summed E-state index contributed by atoms with van der Waals surface area (Å²) in [6.07, 6.45) is 1.92. The van der Waals surface area contributed by atoms with Crippen LogP contribution in [0.1, 0.15) is 18.9 Å². The van der Waals surface area contributed by atoms with Crippen molar-refractivity contribution in [3.63, 3.8) is 0 Å². The molecule has 0 aliphatic rings. The number of sulfonamides is 1. The maximum absolute atomic E-state index is 11.9. The van der Waals surface area contributed by atoms with Crippen molar-refractivity contribution in [3.8, 4) is 5.75 Å². The topological polar surface area (TPSA) is 111 Å². The normalized spacial score (nSPS) is 11.5. The molecule has 1 aromatic heterocycles. The van der Waals surface area contributed by atoms with Gasteiger partial charge in [-0.1, -0.05) is 13.0 Å². The molecule has 24 heavy (non-hydrogen) atoms. The summed E-state index contributed by atoms with van der Waals surface area (Å²) >= 11 is 1.06. The second kappa shape index (κ2) is 7.88. The van der Waals surface area contributed by atoms with Crippen LogP contribution >= 0.6 is 11.3 Å². The van der Waals surface area contributed by atoms with Crippen molar-refractivity contribution in [2.45, 2.75) is 17.6 Å². The van der Waals surface area contributed by atoms with Gasteiger partial charge in [0.05, 0.1) is 17.7 Å². The molecule has 128 valence electrons. The van der Waals surface area contributed by atoms with Crippen LogP contribution in [0.25, 0.3) is 0 Å². The Morgan fingerprint density at radius 2 is 2.21 bits per heavy atom. The van der Waals surface area contributed by atoms with Crippen molar-refractivity contribution in [2.75, 3.05) is 6.61 Å². The molecular weight excluding hydrogens is 354 g/mol. The SMILES string of the molecule is CCCOc1ccc(/C=N/NS(=O)(=O)c2cccs2)cc1[N+](=O)[O-]. The second-order valence-electron chi connectivity index (χ2n) is 4.62. The Bertz CT molecular complexity index is 832. The van der Waals surface area contributed by atoms with E-state index in [9.17, 15) is 18.5 Å². The predicted octanol–water partition coefficient (Wildman–Crippen LogP) is 2.76. The molecule has 0 fully saturated rings. The Balaban J connectivity index is 2.15. The van der Waals surface area contributed by atoms with Gasteiger partial charge in [-0.05, 0) is 30.0 Å². The highest BCUT2D eigenvalue weighted by Crippen LogP contribution is 2.27. The first-order chi connectivity index (χ1) is 11.4. The Morgan fingerprint density at radius 1 is 1.42 bits per heavy atom. The average molecular weight is 369 g/mol. The van der Waals surface area contributed by atoms with Gasteiger partial charge in [0.25, 0.3) is 10.0 Å². The summed E-state index contributed by atoms with van der Waals surface area (Å²) in [5.41, 5.74) is 0.174. The lowest BCUT2D eigenvalue weighted by molar-refractivity contribution is -0.385. The highest BCUT2D eigenvalue weighted by molar-refractivity contribution is 7.91. The van der Waals surface area contributed by atoms with Gasteiger partial charge in [0, 0.05) is 11.6 Å². The van der Waals surface area contributed by atoms with Gasteiger partial charge in [-0.2, -0.15) is 18.4 Å². The molecule has 8 nitrogen and oxygen atoms in total. The van der Waals surface area contributed by atoms with E-state index in [-0.39, 0.29) is 15.6 Å². The summed E-state index contributed by atoms with van der Waals surface area (Å²) in [4.78, 5) is 12.6. The number of nitro groups is 1. The molecule has 0 unspecified atom stereocenters. The zero-order chi connectivity index (χ0) is 17.6. The number of thiophene rings is 1. The monoisotopic (exact) mass is 369 g/mol. The number of nitrogens with zero attached hydrogens (tertiary/aromatic N) is 2. The van der Waals surface area contributed by atoms with E-state index in [0.717, 1.165) is 17.8 Å². The summed E-state index contributed by atoms with van der Waals surface area (Å²) in [6, 6.07) is 7.35. The van der Waals surface area contributed by atoms with Crippen molar-refractivity contribution in [2.24, 2.45) is 5.10 Å². The standard InChI is InChI=1S/C14H15N3O5S2/c1-2-7-22-13-6-5-11(9-12(13)17(18)19)10-15-16-24(20,21)14-4-3-8-23-14/h3-6,8-10,16H,2,7H2,1H3/b15-10+. The van der Waals surface area contributed by atoms with Gasteiger partial charge in [-0.15, -0.1) is 11.3 Å². The van der Waals surface area contributed by atoms with Crippen molar-refractivity contribution in [1.29, 1.82) is 0 Å². The van der Waals surface area contributed by atoms with Gasteiger partial charge in [0.2, 0.25) is 0 Å². The molecular formula is C14H15N3O5S2. The molecule has 1 aromatic carbocycles. The molecule has 0 amide bonds. The quantitative estimate of drug-likeness (QED) is 0.437. The van der Waals surface area contributed by atoms with Crippen LogP contribution in [0.4, 0.5) is 5.69 Å². The summed E-state index contributed by atoms with van der Waals surface area (Å²) < 4.78 is 29.2. The average Bonchev–Trinajstić information content (AvgIpc) is 3.08. The fourth-order valence-electron chi connectivity index (χ4n) is 1.72. The smallest absolute Gasteiger partial charge is 0.311 e. The zero-order valence-corrected chi connectivity index (χ0v) is 14.3. The van der Waals surface area contributed by atoms with Crippen LogP contribution in [-0.4, -0.2) is 26.2 Å². The first-order valence-electron chi connectivity index (χ1n) is 6.93. The predicted molar refractivity (Wildman–Crippen MR) is 91.1 cm³/mol. The number of nitro benzene ring substituents is 1. The maximum Gasteiger partial charge on any atom is 0.311 e. The lowest BCUT2D eigenvalue weighted by Crippen LogP contribution is -2.17. The van der Waals surface area contributed by atoms with E-state index in [2.05, 4.69) is 9.93 Å². The van der Waals surface area contributed by atoms with Gasteiger partial charge < -0.3 is 4.74 Å². The van der Waals surface area contributed by atoms with Gasteiger partial charge in [-0.3, -0.25) is 10.1 Å². The molecule has 0 atom stereocenters. The number of hydrogen-bond acceptors (Lipinski definition) is 7. The third kappa shape index (κ3) is 4.52. The number of rotatable bonds is 8. The third-order valence-corrected chi connectivity index (χ3v) is 5.41. The van der Waals surface area contributed by atoms with E-state index in [1.165, 1.54) is 24.4 Å². The van der Waals surface area contributed by atoms with Crippen molar-refractivity contribution < 1.29 is 18.1 Å². The van der Waals surface area contributed by atoms with Crippen molar-refractivity contribution in [3.05, 3.63) is 51.4 Å². The fraction of sp³-hybridized carbons (Fsp3) is 0.214. The maximum atomic E-state index is 11.9. The molecule has 1 heterocycles. The van der Waals surface area contributed by atoms with Crippen molar-refractivity contribution in [1.82, 2.24) is 4.83 Å². The van der Waals surface area contributed by atoms with E-state index in [4.69, 9.17) is 4.74 Å². The number of hydrazone groups is 1. The van der Waals surface area contributed by atoms with Crippen molar-refractivity contribution >= 4 is 33.3 Å². The fourth-order valence-corrected chi connectivity index (χ4v) is 3.50. The van der Waals surface area contributed by atoms with E-state index in [1.807, 2.05) is 6.92 Å². The highest BCUT2D eigenvalue weighted by atomic mass is 32.2. The van der Waals surface area contributed by atoms with Crippen LogP contribution < -0.4 is 9.57 Å².